The number of hydrogen-bond acceptors (Lipinski definition) is 4. The van der Waals surface area contributed by atoms with Gasteiger partial charge in [0.1, 0.15) is 4.88 Å². The Kier molecular flexibility index (Phi) is 2.60. The fourth-order valence-corrected chi connectivity index (χ4v) is 2.36. The Balaban J connectivity index is 2.51. The molecule has 0 atom stereocenters. The molecule has 0 amide bonds. The van der Waals surface area contributed by atoms with Crippen LogP contribution in [0.2, 0.25) is 0 Å². The van der Waals surface area contributed by atoms with Crippen LogP contribution < -0.4 is 5.32 Å². The van der Waals surface area contributed by atoms with E-state index in [0.717, 1.165) is 15.8 Å². The molecule has 2 rings (SSSR count). The smallest absolute Gasteiger partial charge is 0.348 e. The molecular formula is C11H11NO2S. The second kappa shape index (κ2) is 3.90. The summed E-state index contributed by atoms with van der Waals surface area (Å²) in [5.41, 5.74) is 1.04. The monoisotopic (exact) mass is 221 g/mol. The third-order valence-corrected chi connectivity index (χ3v) is 3.29. The Hall–Kier alpha value is -1.55. The van der Waals surface area contributed by atoms with Crippen molar-refractivity contribution in [3.8, 4) is 0 Å². The molecule has 0 fully saturated rings. The normalized spacial score (nSPS) is 10.3. The molecule has 0 bridgehead atoms. The van der Waals surface area contributed by atoms with Gasteiger partial charge in [-0.05, 0) is 29.7 Å². The van der Waals surface area contributed by atoms with Crippen molar-refractivity contribution in [1.82, 2.24) is 0 Å². The number of ether oxygens (including phenoxy) is 1. The van der Waals surface area contributed by atoms with Gasteiger partial charge >= 0.3 is 5.97 Å². The van der Waals surface area contributed by atoms with Gasteiger partial charge in [-0.15, -0.1) is 11.3 Å². The third kappa shape index (κ3) is 1.80. The highest BCUT2D eigenvalue weighted by molar-refractivity contribution is 7.20. The minimum atomic E-state index is -0.276. The molecule has 1 N–H and O–H groups in total. The Morgan fingerprint density at radius 2 is 2.20 bits per heavy atom. The van der Waals surface area contributed by atoms with Crippen LogP contribution in [-0.4, -0.2) is 20.1 Å². The van der Waals surface area contributed by atoms with Crippen LogP contribution in [0.1, 0.15) is 9.67 Å². The Morgan fingerprint density at radius 1 is 1.40 bits per heavy atom. The van der Waals surface area contributed by atoms with Crippen LogP contribution in [0.3, 0.4) is 0 Å². The van der Waals surface area contributed by atoms with E-state index in [1.165, 1.54) is 18.4 Å². The molecule has 78 valence electrons. The molecule has 1 aromatic carbocycles. The number of rotatable bonds is 2. The zero-order valence-electron chi connectivity index (χ0n) is 8.53. The van der Waals surface area contributed by atoms with Crippen molar-refractivity contribution in [1.29, 1.82) is 0 Å². The van der Waals surface area contributed by atoms with Crippen LogP contribution in [0.4, 0.5) is 5.69 Å². The number of carbonyl (C=O) groups is 1. The number of esters is 1. The van der Waals surface area contributed by atoms with E-state index >= 15 is 0 Å². The van der Waals surface area contributed by atoms with E-state index < -0.39 is 0 Å². The number of thiophene rings is 1. The molecule has 3 nitrogen and oxygen atoms in total. The van der Waals surface area contributed by atoms with Gasteiger partial charge in [0.05, 0.1) is 7.11 Å². The number of fused-ring (bicyclic) bond motifs is 1. The number of anilines is 1. The summed E-state index contributed by atoms with van der Waals surface area (Å²) in [4.78, 5) is 11.9. The van der Waals surface area contributed by atoms with Gasteiger partial charge in [-0.3, -0.25) is 0 Å². The van der Waals surface area contributed by atoms with E-state index in [9.17, 15) is 4.79 Å². The van der Waals surface area contributed by atoms with Crippen LogP contribution in [0, 0.1) is 0 Å². The SMILES string of the molecule is CNc1ccc2sc(C(=O)OC)cc2c1. The van der Waals surface area contributed by atoms with Crippen LogP contribution in [0.15, 0.2) is 24.3 Å². The zero-order chi connectivity index (χ0) is 10.8. The van der Waals surface area contributed by atoms with Crippen molar-refractivity contribution in [3.05, 3.63) is 29.1 Å². The zero-order valence-corrected chi connectivity index (χ0v) is 9.35. The summed E-state index contributed by atoms with van der Waals surface area (Å²) in [5.74, 6) is -0.276. The van der Waals surface area contributed by atoms with Gasteiger partial charge in [-0.2, -0.15) is 0 Å². The number of nitrogens with one attached hydrogen (secondary N) is 1. The first-order valence-corrected chi connectivity index (χ1v) is 5.36. The van der Waals surface area contributed by atoms with Crippen molar-refractivity contribution in [2.75, 3.05) is 19.5 Å². The molecule has 0 radical (unpaired) electrons. The van der Waals surface area contributed by atoms with Crippen LogP contribution in [0.25, 0.3) is 10.1 Å². The van der Waals surface area contributed by atoms with Gasteiger partial charge in [0.15, 0.2) is 0 Å². The van der Waals surface area contributed by atoms with Crippen molar-refractivity contribution in [3.63, 3.8) is 0 Å². The number of benzene rings is 1. The maximum absolute atomic E-state index is 11.3. The summed E-state index contributed by atoms with van der Waals surface area (Å²) in [7, 11) is 3.26. The van der Waals surface area contributed by atoms with Crippen LogP contribution >= 0.6 is 11.3 Å². The maximum Gasteiger partial charge on any atom is 0.348 e. The largest absolute Gasteiger partial charge is 0.465 e. The van der Waals surface area contributed by atoms with Gasteiger partial charge in [-0.25, -0.2) is 4.79 Å². The van der Waals surface area contributed by atoms with Gasteiger partial charge in [0, 0.05) is 17.4 Å². The summed E-state index contributed by atoms with van der Waals surface area (Å²) in [6.07, 6.45) is 0. The second-order valence-corrected chi connectivity index (χ2v) is 4.19. The lowest BCUT2D eigenvalue weighted by molar-refractivity contribution is 0.0606. The second-order valence-electron chi connectivity index (χ2n) is 3.10. The molecule has 0 aliphatic carbocycles. The molecular weight excluding hydrogens is 210 g/mol. The molecule has 15 heavy (non-hydrogen) atoms. The molecule has 0 spiro atoms. The predicted octanol–water partition coefficient (Wildman–Crippen LogP) is 2.73. The third-order valence-electron chi connectivity index (χ3n) is 2.19. The molecule has 0 saturated heterocycles. The van der Waals surface area contributed by atoms with Gasteiger partial charge in [0.25, 0.3) is 0 Å². The van der Waals surface area contributed by atoms with Crippen molar-refractivity contribution >= 4 is 33.1 Å². The number of hydrogen-bond donors (Lipinski definition) is 1. The summed E-state index contributed by atoms with van der Waals surface area (Å²) < 4.78 is 5.77. The fourth-order valence-electron chi connectivity index (χ4n) is 1.40. The minimum absolute atomic E-state index is 0.276. The Labute approximate surface area is 91.7 Å². The van der Waals surface area contributed by atoms with Crippen molar-refractivity contribution < 1.29 is 9.53 Å². The summed E-state index contributed by atoms with van der Waals surface area (Å²) >= 11 is 1.45. The molecule has 1 aromatic heterocycles. The van der Waals surface area contributed by atoms with E-state index in [1.54, 1.807) is 0 Å². The van der Waals surface area contributed by atoms with Gasteiger partial charge < -0.3 is 10.1 Å². The van der Waals surface area contributed by atoms with E-state index in [1.807, 2.05) is 31.3 Å². The molecule has 0 unspecified atom stereocenters. The van der Waals surface area contributed by atoms with Crippen molar-refractivity contribution in [2.24, 2.45) is 0 Å². The Bertz CT molecular complexity index is 504. The first-order chi connectivity index (χ1) is 7.24. The van der Waals surface area contributed by atoms with E-state index in [4.69, 9.17) is 0 Å². The lowest BCUT2D eigenvalue weighted by atomic mass is 10.2. The van der Waals surface area contributed by atoms with Crippen LogP contribution in [0.5, 0.6) is 0 Å². The molecule has 0 aliphatic rings. The summed E-state index contributed by atoms with van der Waals surface area (Å²) in [6.45, 7) is 0. The predicted molar refractivity (Wildman–Crippen MR) is 62.7 cm³/mol. The topological polar surface area (TPSA) is 38.3 Å². The molecule has 2 aromatic rings. The van der Waals surface area contributed by atoms with E-state index in [2.05, 4.69) is 10.1 Å². The van der Waals surface area contributed by atoms with E-state index in [0.29, 0.717) is 4.88 Å². The number of carbonyl (C=O) groups excluding carboxylic acids is 1. The van der Waals surface area contributed by atoms with E-state index in [-0.39, 0.29) is 5.97 Å². The molecule has 0 aliphatic heterocycles. The fraction of sp³-hybridized carbons (Fsp3) is 0.182. The number of methoxy groups -OCH3 is 1. The van der Waals surface area contributed by atoms with Crippen molar-refractivity contribution in [2.45, 2.75) is 0 Å². The average Bonchev–Trinajstić information content (AvgIpc) is 2.70. The quantitative estimate of drug-likeness (QED) is 0.792. The first-order valence-electron chi connectivity index (χ1n) is 4.54. The molecule has 4 heteroatoms. The minimum Gasteiger partial charge on any atom is -0.465 e. The Morgan fingerprint density at radius 3 is 2.87 bits per heavy atom. The lowest BCUT2D eigenvalue weighted by Gasteiger charge is -1.97. The first kappa shape index (κ1) is 9.98. The highest BCUT2D eigenvalue weighted by atomic mass is 32.1. The summed E-state index contributed by atoms with van der Waals surface area (Å²) in [5, 5.41) is 4.12. The van der Waals surface area contributed by atoms with Gasteiger partial charge in [0.2, 0.25) is 0 Å². The van der Waals surface area contributed by atoms with Gasteiger partial charge in [-0.1, -0.05) is 0 Å². The summed E-state index contributed by atoms with van der Waals surface area (Å²) in [6, 6.07) is 7.85. The van der Waals surface area contributed by atoms with Crippen LogP contribution in [-0.2, 0) is 4.74 Å². The standard InChI is InChI=1S/C11H11NO2S/c1-12-8-3-4-9-7(5-8)6-10(15-9)11(13)14-2/h3-6,12H,1-2H3. The molecule has 1 heterocycles. The molecule has 0 saturated carbocycles. The lowest BCUT2D eigenvalue weighted by Crippen LogP contribution is -1.96. The maximum atomic E-state index is 11.3. The highest BCUT2D eigenvalue weighted by Gasteiger charge is 2.09. The highest BCUT2D eigenvalue weighted by Crippen LogP contribution is 2.28. The average molecular weight is 221 g/mol.